The highest BCUT2D eigenvalue weighted by atomic mass is 19.4. The van der Waals surface area contributed by atoms with E-state index in [2.05, 4.69) is 15.2 Å². The first kappa shape index (κ1) is 18.3. The van der Waals surface area contributed by atoms with Gasteiger partial charge < -0.3 is 10.1 Å². The van der Waals surface area contributed by atoms with Gasteiger partial charge in [0.05, 0.1) is 17.8 Å². The zero-order valence-corrected chi connectivity index (χ0v) is 13.8. The van der Waals surface area contributed by atoms with Crippen LogP contribution in [0.15, 0.2) is 54.7 Å². The van der Waals surface area contributed by atoms with E-state index in [4.69, 9.17) is 0 Å². The van der Waals surface area contributed by atoms with E-state index in [-0.39, 0.29) is 6.54 Å². The van der Waals surface area contributed by atoms with Gasteiger partial charge in [-0.2, -0.15) is 10.4 Å². The number of nitriles is 1. The summed E-state index contributed by atoms with van der Waals surface area (Å²) < 4.78 is 41.9. The molecule has 9 heteroatoms. The zero-order chi connectivity index (χ0) is 19.4. The molecule has 1 atom stereocenters. The predicted octanol–water partition coefficient (Wildman–Crippen LogP) is 3.32. The van der Waals surface area contributed by atoms with Crippen LogP contribution in [0.4, 0.5) is 13.2 Å². The van der Waals surface area contributed by atoms with Crippen LogP contribution in [0.3, 0.4) is 0 Å². The fourth-order valence-corrected chi connectivity index (χ4v) is 2.55. The molecule has 0 fully saturated rings. The zero-order valence-electron chi connectivity index (χ0n) is 13.8. The quantitative estimate of drug-likeness (QED) is 0.743. The highest BCUT2D eigenvalue weighted by molar-refractivity contribution is 5.82. The van der Waals surface area contributed by atoms with Crippen LogP contribution < -0.4 is 10.1 Å². The molecular weight excluding hydrogens is 361 g/mol. The molecule has 1 amide bonds. The number of para-hydroxylation sites is 1. The summed E-state index contributed by atoms with van der Waals surface area (Å²) in [7, 11) is 0. The lowest BCUT2D eigenvalue weighted by atomic mass is 10.1. The largest absolute Gasteiger partial charge is 0.573 e. The Morgan fingerprint density at radius 2 is 1.93 bits per heavy atom. The molecule has 0 aliphatic heterocycles. The predicted molar refractivity (Wildman–Crippen MR) is 89.4 cm³/mol. The molecule has 0 aliphatic rings. The molecule has 3 aromatic rings. The smallest absolute Gasteiger partial charge is 0.406 e. The number of aromatic nitrogens is 2. The number of halogens is 3. The van der Waals surface area contributed by atoms with Crippen LogP contribution in [0.2, 0.25) is 0 Å². The third-order valence-electron chi connectivity index (χ3n) is 3.73. The lowest BCUT2D eigenvalue weighted by Crippen LogP contribution is -2.31. The number of benzene rings is 2. The van der Waals surface area contributed by atoms with Crippen molar-refractivity contribution >= 4 is 16.8 Å². The fourth-order valence-electron chi connectivity index (χ4n) is 2.55. The minimum absolute atomic E-state index is 0.0963. The molecule has 0 saturated heterocycles. The van der Waals surface area contributed by atoms with Crippen LogP contribution in [-0.4, -0.2) is 22.1 Å². The van der Waals surface area contributed by atoms with Crippen molar-refractivity contribution in [2.24, 2.45) is 0 Å². The van der Waals surface area contributed by atoms with Gasteiger partial charge in [-0.3, -0.25) is 9.48 Å². The van der Waals surface area contributed by atoms with Crippen LogP contribution in [0.25, 0.3) is 10.9 Å². The fraction of sp³-hybridized carbons (Fsp3) is 0.167. The number of amides is 1. The average Bonchev–Trinajstić information content (AvgIpc) is 3.02. The van der Waals surface area contributed by atoms with Gasteiger partial charge in [-0.25, -0.2) is 0 Å². The summed E-state index contributed by atoms with van der Waals surface area (Å²) in [4.78, 5) is 12.3. The molecule has 0 aliphatic carbocycles. The van der Waals surface area contributed by atoms with Crippen molar-refractivity contribution in [3.63, 3.8) is 0 Å². The van der Waals surface area contributed by atoms with E-state index in [9.17, 15) is 23.2 Å². The average molecular weight is 374 g/mol. The van der Waals surface area contributed by atoms with Crippen molar-refractivity contribution in [2.75, 3.05) is 0 Å². The first-order chi connectivity index (χ1) is 12.9. The first-order valence-electron chi connectivity index (χ1n) is 7.81. The van der Waals surface area contributed by atoms with Crippen molar-refractivity contribution in [1.82, 2.24) is 15.1 Å². The van der Waals surface area contributed by atoms with Crippen molar-refractivity contribution in [1.29, 1.82) is 5.26 Å². The Labute approximate surface area is 151 Å². The topological polar surface area (TPSA) is 79.9 Å². The standard InChI is InChI=1S/C18H13F3N4O2/c19-18(20,21)27-14-7-5-12(6-8-14)15(9-22)24-17(26)11-25-16-4-2-1-3-13(16)10-23-25/h1-8,10,15H,11H2,(H,24,26). The van der Waals surface area contributed by atoms with Crippen molar-refractivity contribution in [3.8, 4) is 11.8 Å². The van der Waals surface area contributed by atoms with Gasteiger partial charge in [0, 0.05) is 5.39 Å². The number of nitrogens with one attached hydrogen (secondary N) is 1. The van der Waals surface area contributed by atoms with Gasteiger partial charge in [-0.1, -0.05) is 30.3 Å². The molecule has 0 spiro atoms. The number of hydrogen-bond acceptors (Lipinski definition) is 4. The van der Waals surface area contributed by atoms with Gasteiger partial charge >= 0.3 is 6.36 Å². The second-order valence-corrected chi connectivity index (χ2v) is 5.61. The number of alkyl halides is 3. The summed E-state index contributed by atoms with van der Waals surface area (Å²) in [6.07, 6.45) is -3.17. The maximum absolute atomic E-state index is 12.3. The van der Waals surface area contributed by atoms with Gasteiger partial charge in [0.15, 0.2) is 0 Å². The molecule has 1 aromatic heterocycles. The number of ether oxygens (including phenoxy) is 1. The molecular formula is C18H13F3N4O2. The summed E-state index contributed by atoms with van der Waals surface area (Å²) in [5.41, 5.74) is 1.11. The lowest BCUT2D eigenvalue weighted by molar-refractivity contribution is -0.274. The second-order valence-electron chi connectivity index (χ2n) is 5.61. The van der Waals surface area contributed by atoms with Crippen LogP contribution in [0.1, 0.15) is 11.6 Å². The van der Waals surface area contributed by atoms with Crippen molar-refractivity contribution in [2.45, 2.75) is 18.9 Å². The molecule has 2 aromatic carbocycles. The normalized spacial score (nSPS) is 12.4. The van der Waals surface area contributed by atoms with E-state index in [0.717, 1.165) is 23.0 Å². The number of carbonyl (C=O) groups is 1. The third kappa shape index (κ3) is 4.55. The van der Waals surface area contributed by atoms with Gasteiger partial charge in [0.1, 0.15) is 18.3 Å². The second kappa shape index (κ2) is 7.37. The maximum atomic E-state index is 12.3. The molecule has 0 radical (unpaired) electrons. The van der Waals surface area contributed by atoms with Crippen LogP contribution in [-0.2, 0) is 11.3 Å². The summed E-state index contributed by atoms with van der Waals surface area (Å²) in [5.74, 6) is -0.858. The van der Waals surface area contributed by atoms with Gasteiger partial charge in [-0.05, 0) is 23.8 Å². The Morgan fingerprint density at radius 1 is 1.22 bits per heavy atom. The van der Waals surface area contributed by atoms with Gasteiger partial charge in [-0.15, -0.1) is 13.2 Å². The summed E-state index contributed by atoms with van der Waals surface area (Å²) in [6, 6.07) is 13.0. The number of nitrogens with zero attached hydrogens (tertiary/aromatic N) is 3. The highest BCUT2D eigenvalue weighted by Gasteiger charge is 2.31. The summed E-state index contributed by atoms with van der Waals surface area (Å²) in [6.45, 7) is -0.0963. The Morgan fingerprint density at radius 3 is 2.59 bits per heavy atom. The van der Waals surface area contributed by atoms with E-state index < -0.39 is 24.1 Å². The molecule has 0 saturated carbocycles. The monoisotopic (exact) mass is 374 g/mol. The third-order valence-corrected chi connectivity index (χ3v) is 3.73. The molecule has 1 heterocycles. The van der Waals surface area contributed by atoms with Crippen LogP contribution >= 0.6 is 0 Å². The van der Waals surface area contributed by atoms with Crippen LogP contribution in [0, 0.1) is 11.3 Å². The van der Waals surface area contributed by atoms with E-state index in [1.165, 1.54) is 16.8 Å². The summed E-state index contributed by atoms with van der Waals surface area (Å²) in [5, 5.41) is 16.8. The summed E-state index contributed by atoms with van der Waals surface area (Å²) >= 11 is 0. The van der Waals surface area contributed by atoms with Gasteiger partial charge in [0.25, 0.3) is 0 Å². The SMILES string of the molecule is N#CC(NC(=O)Cn1ncc2ccccc21)c1ccc(OC(F)(F)F)cc1. The maximum Gasteiger partial charge on any atom is 0.573 e. The minimum atomic E-state index is -4.79. The number of fused-ring (bicyclic) bond motifs is 1. The van der Waals surface area contributed by atoms with Gasteiger partial charge in [0.2, 0.25) is 5.91 Å². The van der Waals surface area contributed by atoms with E-state index >= 15 is 0 Å². The molecule has 138 valence electrons. The first-order valence-corrected chi connectivity index (χ1v) is 7.81. The number of rotatable bonds is 5. The van der Waals surface area contributed by atoms with E-state index in [1.807, 2.05) is 30.3 Å². The van der Waals surface area contributed by atoms with E-state index in [1.54, 1.807) is 6.20 Å². The Bertz CT molecular complexity index is 990. The lowest BCUT2D eigenvalue weighted by Gasteiger charge is -2.14. The Balaban J connectivity index is 1.67. The Hall–Kier alpha value is -3.54. The van der Waals surface area contributed by atoms with Crippen molar-refractivity contribution < 1.29 is 22.7 Å². The molecule has 1 unspecified atom stereocenters. The molecule has 6 nitrogen and oxygen atoms in total. The molecule has 27 heavy (non-hydrogen) atoms. The number of carbonyl (C=O) groups excluding carboxylic acids is 1. The minimum Gasteiger partial charge on any atom is -0.406 e. The number of hydrogen-bond donors (Lipinski definition) is 1. The van der Waals surface area contributed by atoms with E-state index in [0.29, 0.717) is 5.56 Å². The Kier molecular flexibility index (Phi) is 4.98. The van der Waals surface area contributed by atoms with Crippen molar-refractivity contribution in [3.05, 3.63) is 60.3 Å². The molecule has 3 rings (SSSR count). The molecule has 1 N–H and O–H groups in total. The highest BCUT2D eigenvalue weighted by Crippen LogP contribution is 2.24. The van der Waals surface area contributed by atoms with Crippen LogP contribution in [0.5, 0.6) is 5.75 Å². The molecule has 0 bridgehead atoms.